The fourth-order valence-corrected chi connectivity index (χ4v) is 1.82. The van der Waals surface area contributed by atoms with Crippen LogP contribution in [-0.4, -0.2) is 53.9 Å². The number of carboxylic acids is 1. The number of aliphatic carboxylic acids is 1. The first kappa shape index (κ1) is 17.2. The Kier molecular flexibility index (Phi) is 6.62. The molecular weight excluding hydrogens is 249 g/mol. The number of carboxylic acid groups (broad SMARTS) is 1. The zero-order valence-corrected chi connectivity index (χ0v) is 11.0. The SMILES string of the molecule is CCCN(CC(F)(F)F)CC(C)(NCC)C(=O)O. The predicted molar refractivity (Wildman–Crippen MR) is 62.5 cm³/mol. The largest absolute Gasteiger partial charge is 0.480 e. The van der Waals surface area contributed by atoms with Crippen LogP contribution in [0.5, 0.6) is 0 Å². The van der Waals surface area contributed by atoms with Crippen LogP contribution in [0, 0.1) is 0 Å². The Labute approximate surface area is 105 Å². The topological polar surface area (TPSA) is 52.6 Å². The maximum Gasteiger partial charge on any atom is 0.401 e. The van der Waals surface area contributed by atoms with Gasteiger partial charge in [-0.25, -0.2) is 0 Å². The lowest BCUT2D eigenvalue weighted by Crippen LogP contribution is -2.58. The molecule has 7 heteroatoms. The van der Waals surface area contributed by atoms with Crippen LogP contribution < -0.4 is 5.32 Å². The van der Waals surface area contributed by atoms with Gasteiger partial charge in [0.15, 0.2) is 0 Å². The van der Waals surface area contributed by atoms with Gasteiger partial charge in [-0.3, -0.25) is 9.69 Å². The van der Waals surface area contributed by atoms with E-state index in [1.54, 1.807) is 13.8 Å². The summed E-state index contributed by atoms with van der Waals surface area (Å²) in [6, 6.07) is 0. The first-order chi connectivity index (χ1) is 8.14. The molecule has 0 heterocycles. The molecule has 1 unspecified atom stereocenters. The van der Waals surface area contributed by atoms with Crippen LogP contribution in [-0.2, 0) is 4.79 Å². The molecule has 0 bridgehead atoms. The number of halogens is 3. The average Bonchev–Trinajstić information content (AvgIpc) is 2.15. The maximum absolute atomic E-state index is 12.4. The summed E-state index contributed by atoms with van der Waals surface area (Å²) in [5.41, 5.74) is -1.37. The fraction of sp³-hybridized carbons (Fsp3) is 0.909. The fourth-order valence-electron chi connectivity index (χ4n) is 1.82. The van der Waals surface area contributed by atoms with Gasteiger partial charge in [0.25, 0.3) is 0 Å². The van der Waals surface area contributed by atoms with Crippen molar-refractivity contribution in [1.29, 1.82) is 0 Å². The van der Waals surface area contributed by atoms with Crippen molar-refractivity contribution >= 4 is 5.97 Å². The van der Waals surface area contributed by atoms with Crippen molar-refractivity contribution in [1.82, 2.24) is 10.2 Å². The molecule has 0 aliphatic rings. The van der Waals surface area contributed by atoms with Gasteiger partial charge in [0, 0.05) is 6.54 Å². The van der Waals surface area contributed by atoms with E-state index in [1.807, 2.05) is 0 Å². The van der Waals surface area contributed by atoms with Crippen LogP contribution >= 0.6 is 0 Å². The van der Waals surface area contributed by atoms with E-state index in [4.69, 9.17) is 5.11 Å². The highest BCUT2D eigenvalue weighted by atomic mass is 19.4. The van der Waals surface area contributed by atoms with E-state index >= 15 is 0 Å². The van der Waals surface area contributed by atoms with Gasteiger partial charge in [-0.05, 0) is 26.4 Å². The quantitative estimate of drug-likeness (QED) is 0.705. The molecule has 0 aliphatic carbocycles. The summed E-state index contributed by atoms with van der Waals surface area (Å²) in [6.07, 6.45) is -3.78. The molecule has 0 aromatic rings. The lowest BCUT2D eigenvalue weighted by Gasteiger charge is -2.33. The Balaban J connectivity index is 4.76. The Bertz CT molecular complexity index is 272. The molecule has 0 saturated carbocycles. The molecule has 0 aromatic heterocycles. The minimum atomic E-state index is -4.32. The summed E-state index contributed by atoms with van der Waals surface area (Å²) in [4.78, 5) is 12.3. The number of nitrogens with zero attached hydrogens (tertiary/aromatic N) is 1. The monoisotopic (exact) mass is 270 g/mol. The molecule has 18 heavy (non-hydrogen) atoms. The van der Waals surface area contributed by atoms with Crippen molar-refractivity contribution in [2.75, 3.05) is 26.2 Å². The predicted octanol–water partition coefficient (Wildman–Crippen LogP) is 1.71. The number of hydrogen-bond acceptors (Lipinski definition) is 3. The summed E-state index contributed by atoms with van der Waals surface area (Å²) in [6.45, 7) is 4.21. The second kappa shape index (κ2) is 6.94. The van der Waals surface area contributed by atoms with Crippen molar-refractivity contribution in [3.8, 4) is 0 Å². The molecule has 0 aromatic carbocycles. The zero-order valence-electron chi connectivity index (χ0n) is 11.0. The summed E-state index contributed by atoms with van der Waals surface area (Å²) in [5, 5.41) is 11.8. The van der Waals surface area contributed by atoms with Gasteiger partial charge in [0.05, 0.1) is 6.54 Å². The summed E-state index contributed by atoms with van der Waals surface area (Å²) >= 11 is 0. The summed E-state index contributed by atoms with van der Waals surface area (Å²) < 4.78 is 37.1. The summed E-state index contributed by atoms with van der Waals surface area (Å²) in [5.74, 6) is -1.15. The standard InChI is InChI=1S/C11H21F3N2O2/c1-4-6-16(8-11(12,13)14)7-10(3,9(17)18)15-5-2/h15H,4-8H2,1-3H3,(H,17,18). The van der Waals surface area contributed by atoms with Crippen LogP contribution in [0.4, 0.5) is 13.2 Å². The van der Waals surface area contributed by atoms with E-state index in [-0.39, 0.29) is 13.1 Å². The van der Waals surface area contributed by atoms with E-state index in [2.05, 4.69) is 5.32 Å². The number of hydrogen-bond donors (Lipinski definition) is 2. The van der Waals surface area contributed by atoms with E-state index in [9.17, 15) is 18.0 Å². The third kappa shape index (κ3) is 6.20. The minimum Gasteiger partial charge on any atom is -0.480 e. The number of likely N-dealkylation sites (N-methyl/N-ethyl adjacent to an activating group) is 1. The van der Waals surface area contributed by atoms with Crippen LogP contribution in [0.3, 0.4) is 0 Å². The van der Waals surface area contributed by atoms with E-state index in [0.717, 1.165) is 4.90 Å². The van der Waals surface area contributed by atoms with Crippen molar-refractivity contribution < 1.29 is 23.1 Å². The highest BCUT2D eigenvalue weighted by Crippen LogP contribution is 2.18. The lowest BCUT2D eigenvalue weighted by molar-refractivity contribution is -0.155. The number of carbonyl (C=O) groups is 1. The highest BCUT2D eigenvalue weighted by molar-refractivity contribution is 5.78. The van der Waals surface area contributed by atoms with Gasteiger partial charge >= 0.3 is 12.1 Å². The molecule has 0 radical (unpaired) electrons. The number of rotatable bonds is 8. The third-order valence-electron chi connectivity index (χ3n) is 2.52. The van der Waals surface area contributed by atoms with Gasteiger partial charge in [0.1, 0.15) is 5.54 Å². The normalized spacial score (nSPS) is 15.7. The van der Waals surface area contributed by atoms with Crippen molar-refractivity contribution in [3.05, 3.63) is 0 Å². The average molecular weight is 270 g/mol. The third-order valence-corrected chi connectivity index (χ3v) is 2.52. The van der Waals surface area contributed by atoms with Gasteiger partial charge in [-0.15, -0.1) is 0 Å². The smallest absolute Gasteiger partial charge is 0.401 e. The molecule has 1 atom stereocenters. The molecule has 108 valence electrons. The molecule has 0 amide bonds. The molecular formula is C11H21F3N2O2. The Morgan fingerprint density at radius 1 is 1.28 bits per heavy atom. The second-order valence-corrected chi connectivity index (χ2v) is 4.49. The maximum atomic E-state index is 12.4. The Morgan fingerprint density at radius 3 is 2.17 bits per heavy atom. The van der Waals surface area contributed by atoms with Gasteiger partial charge in [-0.2, -0.15) is 13.2 Å². The van der Waals surface area contributed by atoms with E-state index in [0.29, 0.717) is 13.0 Å². The number of nitrogens with one attached hydrogen (secondary N) is 1. The van der Waals surface area contributed by atoms with Crippen LogP contribution in [0.2, 0.25) is 0 Å². The Hall–Kier alpha value is -0.820. The molecule has 0 rings (SSSR count). The first-order valence-corrected chi connectivity index (χ1v) is 5.92. The summed E-state index contributed by atoms with van der Waals surface area (Å²) in [7, 11) is 0. The number of alkyl halides is 3. The lowest BCUT2D eigenvalue weighted by atomic mass is 10.0. The van der Waals surface area contributed by atoms with Crippen LogP contribution in [0.25, 0.3) is 0 Å². The van der Waals surface area contributed by atoms with Crippen molar-refractivity contribution in [2.45, 2.75) is 38.9 Å². The molecule has 0 saturated heterocycles. The highest BCUT2D eigenvalue weighted by Gasteiger charge is 2.38. The van der Waals surface area contributed by atoms with Crippen molar-refractivity contribution in [2.24, 2.45) is 0 Å². The van der Waals surface area contributed by atoms with Gasteiger partial charge < -0.3 is 10.4 Å². The van der Waals surface area contributed by atoms with Gasteiger partial charge in [0.2, 0.25) is 0 Å². The Morgan fingerprint density at radius 2 is 1.83 bits per heavy atom. The second-order valence-electron chi connectivity index (χ2n) is 4.49. The molecule has 0 fully saturated rings. The van der Waals surface area contributed by atoms with E-state index < -0.39 is 24.2 Å². The van der Waals surface area contributed by atoms with Crippen LogP contribution in [0.1, 0.15) is 27.2 Å². The molecule has 0 aliphatic heterocycles. The van der Waals surface area contributed by atoms with E-state index in [1.165, 1.54) is 6.92 Å². The minimum absolute atomic E-state index is 0.177. The molecule has 4 nitrogen and oxygen atoms in total. The van der Waals surface area contributed by atoms with Crippen molar-refractivity contribution in [3.63, 3.8) is 0 Å². The molecule has 2 N–H and O–H groups in total. The molecule has 0 spiro atoms. The van der Waals surface area contributed by atoms with Crippen LogP contribution in [0.15, 0.2) is 0 Å². The zero-order chi connectivity index (χ0) is 14.4. The first-order valence-electron chi connectivity index (χ1n) is 5.92. The van der Waals surface area contributed by atoms with Gasteiger partial charge in [-0.1, -0.05) is 13.8 Å².